The molecule has 0 saturated heterocycles. The zero-order chi connectivity index (χ0) is 14.8. The van der Waals surface area contributed by atoms with Gasteiger partial charge in [0, 0.05) is 22.4 Å². The second-order valence-corrected chi connectivity index (χ2v) is 6.72. The van der Waals surface area contributed by atoms with Crippen molar-refractivity contribution in [1.82, 2.24) is 4.98 Å². The Labute approximate surface area is 134 Å². The molecular weight excluding hydrogens is 326 g/mol. The average molecular weight is 348 g/mol. The lowest BCUT2D eigenvalue weighted by Gasteiger charge is -2.36. The molecule has 0 bridgehead atoms. The first kappa shape index (κ1) is 14.6. The summed E-state index contributed by atoms with van der Waals surface area (Å²) < 4.78 is 1.07. The fraction of sp³-hybridized carbons (Fsp3) is 0.471. The highest BCUT2D eigenvalue weighted by molar-refractivity contribution is 9.10. The van der Waals surface area contributed by atoms with E-state index in [0.717, 1.165) is 33.3 Å². The molecule has 0 atom stereocenters. The van der Waals surface area contributed by atoms with Crippen molar-refractivity contribution in [2.75, 3.05) is 17.2 Å². The number of hydrogen-bond acceptors (Lipinski definition) is 3. The fourth-order valence-electron chi connectivity index (χ4n) is 3.48. The molecule has 3 rings (SSSR count). The van der Waals surface area contributed by atoms with E-state index in [1.165, 1.54) is 32.1 Å². The number of nitrogens with two attached hydrogens (primary N) is 1. The van der Waals surface area contributed by atoms with Crippen LogP contribution in [0, 0.1) is 0 Å². The first-order chi connectivity index (χ1) is 10.2. The highest BCUT2D eigenvalue weighted by Crippen LogP contribution is 2.36. The van der Waals surface area contributed by atoms with Gasteiger partial charge in [0.1, 0.15) is 0 Å². The van der Waals surface area contributed by atoms with Gasteiger partial charge in [0.15, 0.2) is 0 Å². The van der Waals surface area contributed by atoms with Crippen LogP contribution in [0.25, 0.3) is 10.9 Å². The predicted molar refractivity (Wildman–Crippen MR) is 93.7 cm³/mol. The molecule has 1 aromatic carbocycles. The van der Waals surface area contributed by atoms with Crippen molar-refractivity contribution in [1.29, 1.82) is 0 Å². The summed E-state index contributed by atoms with van der Waals surface area (Å²) in [7, 11) is 0. The Morgan fingerprint density at radius 3 is 2.76 bits per heavy atom. The van der Waals surface area contributed by atoms with Crippen molar-refractivity contribution in [3.05, 3.63) is 28.9 Å². The number of aromatic nitrogens is 1. The third-order valence-electron chi connectivity index (χ3n) is 4.47. The van der Waals surface area contributed by atoms with E-state index in [9.17, 15) is 0 Å². The van der Waals surface area contributed by atoms with Crippen LogP contribution in [0.2, 0.25) is 0 Å². The molecule has 1 aliphatic carbocycles. The summed E-state index contributed by atoms with van der Waals surface area (Å²) in [6.45, 7) is 3.21. The van der Waals surface area contributed by atoms with Crippen molar-refractivity contribution in [2.24, 2.45) is 0 Å². The lowest BCUT2D eigenvalue weighted by Crippen LogP contribution is -2.37. The maximum Gasteiger partial charge on any atom is 0.0745 e. The number of hydrogen-bond donors (Lipinski definition) is 1. The van der Waals surface area contributed by atoms with Crippen LogP contribution in [-0.4, -0.2) is 17.6 Å². The molecule has 2 aromatic rings. The minimum Gasteiger partial charge on any atom is -0.396 e. The van der Waals surface area contributed by atoms with E-state index in [4.69, 9.17) is 5.73 Å². The largest absolute Gasteiger partial charge is 0.396 e. The van der Waals surface area contributed by atoms with Crippen LogP contribution < -0.4 is 10.6 Å². The first-order valence-electron chi connectivity index (χ1n) is 7.81. The SMILES string of the molecule is CCN(c1c(N)cnc2ccc(Br)cc12)C1CCCCC1. The standard InChI is InChI=1S/C17H22BrN3/c1-2-21(13-6-4-3-5-7-13)17-14-10-12(18)8-9-16(14)20-11-15(17)19/h8-11,13H,2-7,19H2,1H3. The van der Waals surface area contributed by atoms with Gasteiger partial charge >= 0.3 is 0 Å². The quantitative estimate of drug-likeness (QED) is 0.871. The highest BCUT2D eigenvalue weighted by atomic mass is 79.9. The maximum atomic E-state index is 6.30. The Morgan fingerprint density at radius 2 is 2.05 bits per heavy atom. The summed E-state index contributed by atoms with van der Waals surface area (Å²) >= 11 is 3.57. The van der Waals surface area contributed by atoms with E-state index in [1.54, 1.807) is 6.20 Å². The molecule has 4 heteroatoms. The van der Waals surface area contributed by atoms with E-state index >= 15 is 0 Å². The molecule has 1 fully saturated rings. The molecule has 1 heterocycles. The van der Waals surface area contributed by atoms with Gasteiger partial charge in [-0.05, 0) is 38.0 Å². The van der Waals surface area contributed by atoms with Gasteiger partial charge in [-0.3, -0.25) is 4.98 Å². The van der Waals surface area contributed by atoms with Crippen molar-refractivity contribution in [3.8, 4) is 0 Å². The Hall–Kier alpha value is -1.29. The zero-order valence-electron chi connectivity index (χ0n) is 12.5. The van der Waals surface area contributed by atoms with Crippen LogP contribution in [0.4, 0.5) is 11.4 Å². The van der Waals surface area contributed by atoms with Gasteiger partial charge in [-0.25, -0.2) is 0 Å². The van der Waals surface area contributed by atoms with E-state index in [0.29, 0.717) is 6.04 Å². The summed E-state index contributed by atoms with van der Waals surface area (Å²) in [6, 6.07) is 6.83. The second-order valence-electron chi connectivity index (χ2n) is 5.80. The number of fused-ring (bicyclic) bond motifs is 1. The Bertz CT molecular complexity index is 630. The van der Waals surface area contributed by atoms with Gasteiger partial charge in [0.2, 0.25) is 0 Å². The molecule has 0 aliphatic heterocycles. The van der Waals surface area contributed by atoms with Gasteiger partial charge in [0.25, 0.3) is 0 Å². The topological polar surface area (TPSA) is 42.1 Å². The second kappa shape index (κ2) is 6.22. The Morgan fingerprint density at radius 1 is 1.29 bits per heavy atom. The Kier molecular flexibility index (Phi) is 4.34. The van der Waals surface area contributed by atoms with Crippen LogP contribution in [-0.2, 0) is 0 Å². The van der Waals surface area contributed by atoms with Crippen molar-refractivity contribution < 1.29 is 0 Å². The molecule has 0 amide bonds. The predicted octanol–water partition coefficient (Wildman–Crippen LogP) is 4.74. The molecule has 1 saturated carbocycles. The number of nitrogens with zero attached hydrogens (tertiary/aromatic N) is 2. The van der Waals surface area contributed by atoms with E-state index in [-0.39, 0.29) is 0 Å². The average Bonchev–Trinajstić information content (AvgIpc) is 2.51. The van der Waals surface area contributed by atoms with Gasteiger partial charge < -0.3 is 10.6 Å². The van der Waals surface area contributed by atoms with Crippen LogP contribution in [0.1, 0.15) is 39.0 Å². The van der Waals surface area contributed by atoms with Crippen LogP contribution >= 0.6 is 15.9 Å². The summed E-state index contributed by atoms with van der Waals surface area (Å²) in [4.78, 5) is 6.96. The molecular formula is C17H22BrN3. The minimum absolute atomic E-state index is 0.607. The Balaban J connectivity index is 2.11. The lowest BCUT2D eigenvalue weighted by molar-refractivity contribution is 0.419. The summed E-state index contributed by atoms with van der Waals surface area (Å²) in [5, 5.41) is 1.15. The molecule has 3 nitrogen and oxygen atoms in total. The maximum absolute atomic E-state index is 6.30. The van der Waals surface area contributed by atoms with E-state index in [1.807, 2.05) is 6.07 Å². The summed E-state index contributed by atoms with van der Waals surface area (Å²) in [5.41, 5.74) is 9.26. The van der Waals surface area contributed by atoms with Crippen LogP contribution in [0.5, 0.6) is 0 Å². The van der Waals surface area contributed by atoms with Gasteiger partial charge in [0.05, 0.1) is 23.1 Å². The number of benzene rings is 1. The van der Waals surface area contributed by atoms with Crippen molar-refractivity contribution in [2.45, 2.75) is 45.1 Å². The zero-order valence-corrected chi connectivity index (χ0v) is 14.1. The monoisotopic (exact) mass is 347 g/mol. The molecule has 112 valence electrons. The van der Waals surface area contributed by atoms with Crippen LogP contribution in [0.15, 0.2) is 28.9 Å². The fourth-order valence-corrected chi connectivity index (χ4v) is 3.84. The molecule has 21 heavy (non-hydrogen) atoms. The third kappa shape index (κ3) is 2.86. The summed E-state index contributed by atoms with van der Waals surface area (Å²) in [5.74, 6) is 0. The van der Waals surface area contributed by atoms with E-state index in [2.05, 4.69) is 44.9 Å². The summed E-state index contributed by atoms with van der Waals surface area (Å²) in [6.07, 6.45) is 8.36. The van der Waals surface area contributed by atoms with E-state index < -0.39 is 0 Å². The van der Waals surface area contributed by atoms with Crippen LogP contribution in [0.3, 0.4) is 0 Å². The van der Waals surface area contributed by atoms with Gasteiger partial charge in [-0.2, -0.15) is 0 Å². The van der Waals surface area contributed by atoms with Crippen molar-refractivity contribution in [3.63, 3.8) is 0 Å². The molecule has 0 radical (unpaired) electrons. The molecule has 0 unspecified atom stereocenters. The smallest absolute Gasteiger partial charge is 0.0745 e. The lowest BCUT2D eigenvalue weighted by atomic mass is 9.93. The minimum atomic E-state index is 0.607. The number of pyridine rings is 1. The third-order valence-corrected chi connectivity index (χ3v) is 4.97. The van der Waals surface area contributed by atoms with Crippen molar-refractivity contribution >= 4 is 38.2 Å². The first-order valence-corrected chi connectivity index (χ1v) is 8.60. The number of halogens is 1. The molecule has 2 N–H and O–H groups in total. The molecule has 1 aromatic heterocycles. The highest BCUT2D eigenvalue weighted by Gasteiger charge is 2.23. The normalized spacial score (nSPS) is 16.3. The molecule has 0 spiro atoms. The number of nitrogen functional groups attached to an aromatic ring is 1. The number of rotatable bonds is 3. The molecule has 1 aliphatic rings. The van der Waals surface area contributed by atoms with Gasteiger partial charge in [-0.1, -0.05) is 35.2 Å². The number of anilines is 2. The van der Waals surface area contributed by atoms with Gasteiger partial charge in [-0.15, -0.1) is 0 Å².